The highest BCUT2D eigenvalue weighted by Crippen LogP contribution is 2.28. The molecule has 0 aromatic heterocycles. The van der Waals surface area contributed by atoms with Crippen molar-refractivity contribution in [2.24, 2.45) is 0 Å². The van der Waals surface area contributed by atoms with Crippen LogP contribution in [-0.4, -0.2) is 33.4 Å². The molecule has 0 amide bonds. The van der Waals surface area contributed by atoms with E-state index in [1.807, 2.05) is 11.9 Å². The van der Waals surface area contributed by atoms with Crippen LogP contribution in [-0.2, 0) is 0 Å². The summed E-state index contributed by atoms with van der Waals surface area (Å²) in [6, 6.07) is 0. The number of nitrogens with one attached hydrogen (secondary N) is 1. The molecule has 4 heteroatoms. The molecule has 2 N–H and O–H groups in total. The van der Waals surface area contributed by atoms with E-state index in [1.54, 1.807) is 6.92 Å². The van der Waals surface area contributed by atoms with Crippen LogP contribution in [0.15, 0.2) is 0 Å². The lowest BCUT2D eigenvalue weighted by molar-refractivity contribution is -0.0249. The standard InChI is InChI=1S/C8H16N2OS/c1-7(2)5-8(3,11)9-6(12)10(7)4/h11H,5H2,1-4H3,(H,9,12)/t8-/m1/s1. The van der Waals surface area contributed by atoms with Crippen molar-refractivity contribution < 1.29 is 5.11 Å². The first-order valence-corrected chi connectivity index (χ1v) is 4.44. The molecule has 0 aromatic carbocycles. The summed E-state index contributed by atoms with van der Waals surface area (Å²) in [6.07, 6.45) is 0.663. The second-order valence-electron chi connectivity index (χ2n) is 4.25. The van der Waals surface area contributed by atoms with Gasteiger partial charge in [0.25, 0.3) is 0 Å². The number of nitrogens with zero attached hydrogens (tertiary/aromatic N) is 1. The van der Waals surface area contributed by atoms with Crippen LogP contribution in [0.25, 0.3) is 0 Å². The number of hydrogen-bond donors (Lipinski definition) is 2. The molecule has 1 heterocycles. The normalized spacial score (nSPS) is 34.8. The highest BCUT2D eigenvalue weighted by atomic mass is 32.1. The van der Waals surface area contributed by atoms with E-state index >= 15 is 0 Å². The summed E-state index contributed by atoms with van der Waals surface area (Å²) < 4.78 is 0. The van der Waals surface area contributed by atoms with Gasteiger partial charge in [0.1, 0.15) is 5.72 Å². The maximum atomic E-state index is 9.77. The Labute approximate surface area is 78.8 Å². The molecule has 0 spiro atoms. The number of thiocarbonyl (C=S) groups is 1. The van der Waals surface area contributed by atoms with Gasteiger partial charge in [-0.3, -0.25) is 0 Å². The SMILES string of the molecule is CN1C(=S)N[C@](C)(O)CC1(C)C. The summed E-state index contributed by atoms with van der Waals surface area (Å²) in [6.45, 7) is 5.87. The Balaban J connectivity index is 2.87. The molecule has 1 rings (SSSR count). The lowest BCUT2D eigenvalue weighted by Gasteiger charge is -2.48. The van der Waals surface area contributed by atoms with E-state index in [1.165, 1.54) is 0 Å². The van der Waals surface area contributed by atoms with E-state index in [0.717, 1.165) is 0 Å². The summed E-state index contributed by atoms with van der Waals surface area (Å²) >= 11 is 5.08. The largest absolute Gasteiger partial charge is 0.371 e. The van der Waals surface area contributed by atoms with Crippen molar-refractivity contribution in [2.75, 3.05) is 7.05 Å². The summed E-state index contributed by atoms with van der Waals surface area (Å²) in [4.78, 5) is 1.97. The van der Waals surface area contributed by atoms with Crippen molar-refractivity contribution >= 4 is 17.3 Å². The molecular formula is C8H16N2OS. The van der Waals surface area contributed by atoms with Crippen LogP contribution in [0, 0.1) is 0 Å². The molecule has 1 atom stereocenters. The fourth-order valence-corrected chi connectivity index (χ4v) is 2.06. The average Bonchev–Trinajstić information content (AvgIpc) is 1.79. The molecule has 0 radical (unpaired) electrons. The van der Waals surface area contributed by atoms with Crippen LogP contribution in [0.5, 0.6) is 0 Å². The zero-order valence-electron chi connectivity index (χ0n) is 8.01. The quantitative estimate of drug-likeness (QED) is 0.548. The summed E-state index contributed by atoms with van der Waals surface area (Å²) in [5, 5.41) is 13.3. The Bertz CT molecular complexity index is 213. The fraction of sp³-hybridized carbons (Fsp3) is 0.875. The van der Waals surface area contributed by atoms with E-state index in [4.69, 9.17) is 12.2 Å². The second-order valence-corrected chi connectivity index (χ2v) is 4.64. The van der Waals surface area contributed by atoms with Crippen molar-refractivity contribution in [3.8, 4) is 0 Å². The molecule has 1 fully saturated rings. The van der Waals surface area contributed by atoms with Gasteiger partial charge in [-0.1, -0.05) is 0 Å². The molecule has 0 aliphatic carbocycles. The molecular weight excluding hydrogens is 172 g/mol. The third kappa shape index (κ3) is 1.69. The topological polar surface area (TPSA) is 35.5 Å². The van der Waals surface area contributed by atoms with Crippen molar-refractivity contribution in [1.29, 1.82) is 0 Å². The number of hydrogen-bond acceptors (Lipinski definition) is 2. The zero-order chi connectivity index (χ0) is 9.57. The maximum Gasteiger partial charge on any atom is 0.171 e. The monoisotopic (exact) mass is 188 g/mol. The number of rotatable bonds is 0. The van der Waals surface area contributed by atoms with Crippen LogP contribution in [0.1, 0.15) is 27.2 Å². The average molecular weight is 188 g/mol. The Morgan fingerprint density at radius 1 is 1.50 bits per heavy atom. The van der Waals surface area contributed by atoms with Gasteiger partial charge in [-0.2, -0.15) is 0 Å². The molecule has 0 unspecified atom stereocenters. The van der Waals surface area contributed by atoms with E-state index in [0.29, 0.717) is 11.5 Å². The minimum absolute atomic E-state index is 0.0775. The predicted octanol–water partition coefficient (Wildman–Crippen LogP) is 0.684. The van der Waals surface area contributed by atoms with Crippen molar-refractivity contribution in [3.63, 3.8) is 0 Å². The Morgan fingerprint density at radius 2 is 2.00 bits per heavy atom. The Kier molecular flexibility index (Phi) is 2.08. The highest BCUT2D eigenvalue weighted by Gasteiger charge is 2.40. The lowest BCUT2D eigenvalue weighted by atomic mass is 9.90. The smallest absolute Gasteiger partial charge is 0.171 e. The second kappa shape index (κ2) is 2.57. The minimum atomic E-state index is -0.868. The first-order chi connectivity index (χ1) is 5.25. The van der Waals surface area contributed by atoms with Gasteiger partial charge in [-0.05, 0) is 33.0 Å². The summed E-state index contributed by atoms with van der Waals surface area (Å²) in [5.41, 5.74) is -0.946. The van der Waals surface area contributed by atoms with Crippen LogP contribution >= 0.6 is 12.2 Å². The Morgan fingerprint density at radius 3 is 2.42 bits per heavy atom. The van der Waals surface area contributed by atoms with Crippen molar-refractivity contribution in [2.45, 2.75) is 38.5 Å². The molecule has 12 heavy (non-hydrogen) atoms. The third-order valence-electron chi connectivity index (χ3n) is 2.37. The molecule has 1 aliphatic rings. The van der Waals surface area contributed by atoms with Crippen LogP contribution < -0.4 is 5.32 Å². The van der Waals surface area contributed by atoms with Gasteiger partial charge in [0.2, 0.25) is 0 Å². The summed E-state index contributed by atoms with van der Waals surface area (Å²) in [7, 11) is 1.94. The van der Waals surface area contributed by atoms with Crippen molar-refractivity contribution in [1.82, 2.24) is 10.2 Å². The first-order valence-electron chi connectivity index (χ1n) is 4.03. The van der Waals surface area contributed by atoms with E-state index < -0.39 is 5.72 Å². The van der Waals surface area contributed by atoms with Gasteiger partial charge in [-0.15, -0.1) is 0 Å². The van der Waals surface area contributed by atoms with Gasteiger partial charge in [0.05, 0.1) is 0 Å². The molecule has 3 nitrogen and oxygen atoms in total. The molecule has 0 bridgehead atoms. The predicted molar refractivity (Wildman–Crippen MR) is 52.8 cm³/mol. The van der Waals surface area contributed by atoms with Gasteiger partial charge in [0.15, 0.2) is 5.11 Å². The molecule has 0 aromatic rings. The van der Waals surface area contributed by atoms with Gasteiger partial charge in [-0.25, -0.2) is 0 Å². The van der Waals surface area contributed by atoms with Crippen molar-refractivity contribution in [3.05, 3.63) is 0 Å². The van der Waals surface area contributed by atoms with Gasteiger partial charge >= 0.3 is 0 Å². The maximum absolute atomic E-state index is 9.77. The van der Waals surface area contributed by atoms with E-state index in [9.17, 15) is 5.11 Å². The fourth-order valence-electron chi connectivity index (χ4n) is 1.59. The first kappa shape index (κ1) is 9.74. The number of aliphatic hydroxyl groups is 1. The third-order valence-corrected chi connectivity index (χ3v) is 2.74. The van der Waals surface area contributed by atoms with E-state index in [2.05, 4.69) is 19.2 Å². The van der Waals surface area contributed by atoms with Crippen LogP contribution in [0.2, 0.25) is 0 Å². The Hall–Kier alpha value is -0.350. The van der Waals surface area contributed by atoms with Gasteiger partial charge in [0, 0.05) is 19.0 Å². The van der Waals surface area contributed by atoms with Crippen LogP contribution in [0.3, 0.4) is 0 Å². The summed E-state index contributed by atoms with van der Waals surface area (Å²) in [5.74, 6) is 0. The van der Waals surface area contributed by atoms with Gasteiger partial charge < -0.3 is 15.3 Å². The molecule has 1 saturated heterocycles. The minimum Gasteiger partial charge on any atom is -0.371 e. The highest BCUT2D eigenvalue weighted by molar-refractivity contribution is 7.80. The zero-order valence-corrected chi connectivity index (χ0v) is 8.83. The molecule has 0 saturated carbocycles. The molecule has 1 aliphatic heterocycles. The molecule has 70 valence electrons. The van der Waals surface area contributed by atoms with Crippen LogP contribution in [0.4, 0.5) is 0 Å². The lowest BCUT2D eigenvalue weighted by Crippen LogP contribution is -2.65. The van der Waals surface area contributed by atoms with E-state index in [-0.39, 0.29) is 5.54 Å².